The molecule has 0 saturated heterocycles. The maximum atomic E-state index is 12.6. The number of ketones is 1. The van der Waals surface area contributed by atoms with E-state index in [-0.39, 0.29) is 17.0 Å². The van der Waals surface area contributed by atoms with Crippen molar-refractivity contribution >= 4 is 21.7 Å². The molecule has 0 atom stereocenters. The lowest BCUT2D eigenvalue weighted by Crippen LogP contribution is -2.24. The standard InChI is InChI=1S/C14H12BrF3N2O/c1-8-12(13(21)14(16,17)18)9(2)20(19-8)7-10-4-3-5-11(15)6-10/h3-6H,7H2,1-2H3. The van der Waals surface area contributed by atoms with Crippen LogP contribution in [0.4, 0.5) is 13.2 Å². The van der Waals surface area contributed by atoms with Gasteiger partial charge in [-0.25, -0.2) is 0 Å². The topological polar surface area (TPSA) is 34.9 Å². The molecule has 0 N–H and O–H groups in total. The Hall–Kier alpha value is -1.63. The summed E-state index contributed by atoms with van der Waals surface area (Å²) in [7, 11) is 0. The SMILES string of the molecule is Cc1nn(Cc2cccc(Br)c2)c(C)c1C(=O)C(F)(F)F. The molecule has 0 radical (unpaired) electrons. The Labute approximate surface area is 127 Å². The van der Waals surface area contributed by atoms with E-state index in [2.05, 4.69) is 21.0 Å². The van der Waals surface area contributed by atoms with E-state index in [1.165, 1.54) is 18.5 Å². The van der Waals surface area contributed by atoms with Crippen molar-refractivity contribution in [1.82, 2.24) is 9.78 Å². The Morgan fingerprint density at radius 3 is 2.57 bits per heavy atom. The van der Waals surface area contributed by atoms with Gasteiger partial charge in [-0.05, 0) is 31.5 Å². The number of aromatic nitrogens is 2. The van der Waals surface area contributed by atoms with Crippen LogP contribution >= 0.6 is 15.9 Å². The highest BCUT2D eigenvalue weighted by atomic mass is 79.9. The number of Topliss-reactive ketones (excluding diaryl/α,β-unsaturated/α-hetero) is 1. The van der Waals surface area contributed by atoms with Gasteiger partial charge in [0.05, 0.1) is 17.8 Å². The summed E-state index contributed by atoms with van der Waals surface area (Å²) < 4.78 is 40.1. The smallest absolute Gasteiger partial charge is 0.284 e. The zero-order valence-electron chi connectivity index (χ0n) is 11.3. The second kappa shape index (κ2) is 5.63. The number of rotatable bonds is 3. The van der Waals surface area contributed by atoms with Gasteiger partial charge >= 0.3 is 6.18 Å². The number of carbonyl (C=O) groups excluding carboxylic acids is 1. The van der Waals surface area contributed by atoms with Crippen molar-refractivity contribution < 1.29 is 18.0 Å². The fraction of sp³-hybridized carbons (Fsp3) is 0.286. The van der Waals surface area contributed by atoms with Gasteiger partial charge in [0.25, 0.3) is 5.78 Å². The Morgan fingerprint density at radius 1 is 1.33 bits per heavy atom. The first-order valence-corrected chi connectivity index (χ1v) is 6.89. The van der Waals surface area contributed by atoms with Crippen LogP contribution in [0.1, 0.15) is 27.3 Å². The minimum atomic E-state index is -4.89. The molecule has 2 rings (SSSR count). The molecule has 0 spiro atoms. The molecule has 0 amide bonds. The number of aryl methyl sites for hydroxylation is 1. The van der Waals surface area contributed by atoms with Crippen LogP contribution in [0.2, 0.25) is 0 Å². The lowest BCUT2D eigenvalue weighted by Gasteiger charge is -2.07. The van der Waals surface area contributed by atoms with E-state index >= 15 is 0 Å². The Balaban J connectivity index is 2.38. The van der Waals surface area contributed by atoms with Crippen molar-refractivity contribution in [2.24, 2.45) is 0 Å². The molecular weight excluding hydrogens is 349 g/mol. The first-order chi connectivity index (χ1) is 9.70. The number of hydrogen-bond acceptors (Lipinski definition) is 2. The predicted octanol–water partition coefficient (Wildman–Crippen LogP) is 4.06. The largest absolute Gasteiger partial charge is 0.455 e. The van der Waals surface area contributed by atoms with Gasteiger partial charge in [-0.15, -0.1) is 0 Å². The molecule has 3 nitrogen and oxygen atoms in total. The highest BCUT2D eigenvalue weighted by molar-refractivity contribution is 9.10. The quantitative estimate of drug-likeness (QED) is 0.773. The molecule has 2 aromatic rings. The first kappa shape index (κ1) is 15.8. The van der Waals surface area contributed by atoms with Gasteiger partial charge in [0.1, 0.15) is 0 Å². The van der Waals surface area contributed by atoms with Crippen LogP contribution in [0.25, 0.3) is 0 Å². The highest BCUT2D eigenvalue weighted by Crippen LogP contribution is 2.26. The zero-order chi connectivity index (χ0) is 15.8. The van der Waals surface area contributed by atoms with Gasteiger partial charge in [-0.2, -0.15) is 18.3 Å². The summed E-state index contributed by atoms with van der Waals surface area (Å²) in [6, 6.07) is 7.37. The van der Waals surface area contributed by atoms with Crippen molar-refractivity contribution in [3.8, 4) is 0 Å². The van der Waals surface area contributed by atoms with Crippen molar-refractivity contribution in [2.45, 2.75) is 26.6 Å². The molecular formula is C14H12BrF3N2O. The summed E-state index contributed by atoms with van der Waals surface area (Å²) in [6.45, 7) is 3.18. The number of carbonyl (C=O) groups is 1. The monoisotopic (exact) mass is 360 g/mol. The normalized spacial score (nSPS) is 11.7. The number of hydrogen-bond donors (Lipinski definition) is 0. The van der Waals surface area contributed by atoms with Gasteiger partial charge in [0, 0.05) is 10.2 Å². The molecule has 1 aromatic carbocycles. The fourth-order valence-electron chi connectivity index (χ4n) is 2.13. The third kappa shape index (κ3) is 3.34. The van der Waals surface area contributed by atoms with E-state index < -0.39 is 12.0 Å². The molecule has 0 aliphatic carbocycles. The summed E-state index contributed by atoms with van der Waals surface area (Å²) >= 11 is 3.33. The van der Waals surface area contributed by atoms with E-state index in [0.29, 0.717) is 6.54 Å². The summed E-state index contributed by atoms with van der Waals surface area (Å²) in [5, 5.41) is 4.05. The number of benzene rings is 1. The molecule has 1 aromatic heterocycles. The minimum Gasteiger partial charge on any atom is -0.284 e. The molecule has 0 aliphatic heterocycles. The van der Waals surface area contributed by atoms with Crippen LogP contribution in [0.15, 0.2) is 28.7 Å². The van der Waals surface area contributed by atoms with Crippen LogP contribution in [0.3, 0.4) is 0 Å². The number of nitrogens with zero attached hydrogens (tertiary/aromatic N) is 2. The van der Waals surface area contributed by atoms with Crippen LogP contribution < -0.4 is 0 Å². The molecule has 7 heteroatoms. The average molecular weight is 361 g/mol. The Morgan fingerprint density at radius 2 is 2.00 bits per heavy atom. The van der Waals surface area contributed by atoms with E-state index in [1.54, 1.807) is 0 Å². The van der Waals surface area contributed by atoms with Gasteiger partial charge in [0.2, 0.25) is 0 Å². The summed E-state index contributed by atoms with van der Waals surface area (Å²) in [4.78, 5) is 11.4. The molecule has 21 heavy (non-hydrogen) atoms. The van der Waals surface area contributed by atoms with Gasteiger partial charge in [0.15, 0.2) is 0 Å². The lowest BCUT2D eigenvalue weighted by molar-refractivity contribution is -0.0886. The third-order valence-electron chi connectivity index (χ3n) is 3.09. The van der Waals surface area contributed by atoms with Gasteiger partial charge in [-0.3, -0.25) is 9.48 Å². The van der Waals surface area contributed by atoms with E-state index in [9.17, 15) is 18.0 Å². The molecule has 1 heterocycles. The van der Waals surface area contributed by atoms with Crippen molar-refractivity contribution in [3.63, 3.8) is 0 Å². The predicted molar refractivity (Wildman–Crippen MR) is 75.3 cm³/mol. The summed E-state index contributed by atoms with van der Waals surface area (Å²) in [5.41, 5.74) is 0.818. The Kier molecular flexibility index (Phi) is 4.22. The molecule has 0 saturated carbocycles. The second-order valence-corrected chi connectivity index (χ2v) is 5.58. The third-order valence-corrected chi connectivity index (χ3v) is 3.58. The van der Waals surface area contributed by atoms with Crippen LogP contribution in [-0.2, 0) is 6.54 Å². The van der Waals surface area contributed by atoms with Crippen molar-refractivity contribution in [2.75, 3.05) is 0 Å². The molecule has 0 aliphatic rings. The number of halogens is 4. The summed E-state index contributed by atoms with van der Waals surface area (Å²) in [5.74, 6) is -1.85. The van der Waals surface area contributed by atoms with Crippen molar-refractivity contribution in [1.29, 1.82) is 0 Å². The average Bonchev–Trinajstić information content (AvgIpc) is 2.62. The van der Waals surface area contributed by atoms with E-state index in [1.807, 2.05) is 24.3 Å². The first-order valence-electron chi connectivity index (χ1n) is 6.10. The minimum absolute atomic E-state index is 0.0878. The molecule has 0 bridgehead atoms. The lowest BCUT2D eigenvalue weighted by atomic mass is 10.1. The van der Waals surface area contributed by atoms with Crippen molar-refractivity contribution in [3.05, 3.63) is 51.3 Å². The Bertz CT molecular complexity index is 692. The maximum Gasteiger partial charge on any atom is 0.455 e. The fourth-order valence-corrected chi connectivity index (χ4v) is 2.58. The second-order valence-electron chi connectivity index (χ2n) is 4.66. The van der Waals surface area contributed by atoms with Crippen LogP contribution in [-0.4, -0.2) is 21.7 Å². The van der Waals surface area contributed by atoms with E-state index in [4.69, 9.17) is 0 Å². The summed E-state index contributed by atoms with van der Waals surface area (Å²) in [6.07, 6.45) is -4.89. The molecule has 0 unspecified atom stereocenters. The molecule has 112 valence electrons. The maximum absolute atomic E-state index is 12.6. The molecule has 0 fully saturated rings. The van der Waals surface area contributed by atoms with Gasteiger partial charge < -0.3 is 0 Å². The van der Waals surface area contributed by atoms with Crippen LogP contribution in [0.5, 0.6) is 0 Å². The number of alkyl halides is 3. The van der Waals surface area contributed by atoms with Gasteiger partial charge in [-0.1, -0.05) is 28.1 Å². The van der Waals surface area contributed by atoms with Crippen LogP contribution in [0, 0.1) is 13.8 Å². The zero-order valence-corrected chi connectivity index (χ0v) is 12.9. The highest BCUT2D eigenvalue weighted by Gasteiger charge is 2.42. The van der Waals surface area contributed by atoms with E-state index in [0.717, 1.165) is 10.0 Å².